The van der Waals surface area contributed by atoms with E-state index >= 15 is 0 Å². The van der Waals surface area contributed by atoms with E-state index in [4.69, 9.17) is 5.26 Å². The standard InChI is InChI=1S/C13H18N4O/c1-10-6-13(7-10,9-14)12(18)16-11(2)8-17-5-3-4-15-17/h3-5,10-11H,6-8H2,1-2H3,(H,16,18). The van der Waals surface area contributed by atoms with Gasteiger partial charge in [-0.2, -0.15) is 10.4 Å². The fourth-order valence-electron chi connectivity index (χ4n) is 2.55. The molecule has 1 unspecified atom stereocenters. The van der Waals surface area contributed by atoms with Crippen LogP contribution in [0.3, 0.4) is 0 Å². The third kappa shape index (κ3) is 2.37. The van der Waals surface area contributed by atoms with E-state index in [0.29, 0.717) is 25.3 Å². The highest BCUT2D eigenvalue weighted by atomic mass is 16.2. The van der Waals surface area contributed by atoms with Crippen molar-refractivity contribution >= 4 is 5.91 Å². The number of nitriles is 1. The Hall–Kier alpha value is -1.83. The maximum atomic E-state index is 12.1. The number of hydrogen-bond acceptors (Lipinski definition) is 3. The van der Waals surface area contributed by atoms with E-state index < -0.39 is 5.41 Å². The summed E-state index contributed by atoms with van der Waals surface area (Å²) in [4.78, 5) is 12.1. The molecule has 0 spiro atoms. The Bertz CT molecular complexity index is 454. The molecule has 1 saturated carbocycles. The molecular weight excluding hydrogens is 228 g/mol. The fraction of sp³-hybridized carbons (Fsp3) is 0.615. The number of amides is 1. The summed E-state index contributed by atoms with van der Waals surface area (Å²) in [6, 6.07) is 3.99. The topological polar surface area (TPSA) is 70.7 Å². The van der Waals surface area contributed by atoms with Crippen molar-refractivity contribution in [1.82, 2.24) is 15.1 Å². The molecule has 1 N–H and O–H groups in total. The van der Waals surface area contributed by atoms with E-state index in [1.807, 2.05) is 19.2 Å². The zero-order valence-electron chi connectivity index (χ0n) is 10.8. The van der Waals surface area contributed by atoms with Gasteiger partial charge in [0.25, 0.3) is 0 Å². The van der Waals surface area contributed by atoms with Crippen LogP contribution in [0.2, 0.25) is 0 Å². The van der Waals surface area contributed by atoms with Gasteiger partial charge in [-0.25, -0.2) is 0 Å². The van der Waals surface area contributed by atoms with E-state index in [9.17, 15) is 4.79 Å². The monoisotopic (exact) mass is 246 g/mol. The van der Waals surface area contributed by atoms with Gasteiger partial charge in [-0.3, -0.25) is 9.48 Å². The molecule has 1 fully saturated rings. The van der Waals surface area contributed by atoms with Crippen LogP contribution < -0.4 is 5.32 Å². The van der Waals surface area contributed by atoms with Gasteiger partial charge in [0.1, 0.15) is 5.41 Å². The molecule has 5 heteroatoms. The van der Waals surface area contributed by atoms with E-state index in [2.05, 4.69) is 23.4 Å². The van der Waals surface area contributed by atoms with E-state index in [-0.39, 0.29) is 11.9 Å². The van der Waals surface area contributed by atoms with Crippen molar-refractivity contribution in [3.63, 3.8) is 0 Å². The Kier molecular flexibility index (Phi) is 3.37. The summed E-state index contributed by atoms with van der Waals surface area (Å²) >= 11 is 0. The predicted molar refractivity (Wildman–Crippen MR) is 66.3 cm³/mol. The number of aromatic nitrogens is 2. The summed E-state index contributed by atoms with van der Waals surface area (Å²) in [5.41, 5.74) is -0.794. The van der Waals surface area contributed by atoms with Crippen LogP contribution in [0.1, 0.15) is 26.7 Å². The minimum absolute atomic E-state index is 0.0291. The highest BCUT2D eigenvalue weighted by molar-refractivity contribution is 5.86. The molecule has 0 radical (unpaired) electrons. The third-order valence-corrected chi connectivity index (χ3v) is 3.44. The van der Waals surface area contributed by atoms with Crippen LogP contribution in [-0.2, 0) is 11.3 Å². The molecule has 1 aliphatic rings. The van der Waals surface area contributed by atoms with Gasteiger partial charge in [-0.05, 0) is 31.7 Å². The maximum absolute atomic E-state index is 12.1. The van der Waals surface area contributed by atoms with Gasteiger partial charge < -0.3 is 5.32 Å². The van der Waals surface area contributed by atoms with Crippen molar-refractivity contribution in [2.45, 2.75) is 39.3 Å². The van der Waals surface area contributed by atoms with Crippen LogP contribution in [0.4, 0.5) is 0 Å². The first-order valence-corrected chi connectivity index (χ1v) is 6.25. The quantitative estimate of drug-likeness (QED) is 0.871. The number of carbonyl (C=O) groups excluding carboxylic acids is 1. The van der Waals surface area contributed by atoms with Crippen molar-refractivity contribution in [2.24, 2.45) is 11.3 Å². The minimum atomic E-state index is -0.794. The molecular formula is C13H18N4O. The molecule has 0 saturated heterocycles. The third-order valence-electron chi connectivity index (χ3n) is 3.44. The molecule has 0 bridgehead atoms. The van der Waals surface area contributed by atoms with Crippen LogP contribution in [0.25, 0.3) is 0 Å². The molecule has 1 aromatic rings. The second-order valence-electron chi connectivity index (χ2n) is 5.31. The molecule has 1 aromatic heterocycles. The minimum Gasteiger partial charge on any atom is -0.350 e. The van der Waals surface area contributed by atoms with Gasteiger partial charge >= 0.3 is 0 Å². The Labute approximate surface area is 107 Å². The Morgan fingerprint density at radius 1 is 1.72 bits per heavy atom. The lowest BCUT2D eigenvalue weighted by molar-refractivity contribution is -0.134. The molecule has 1 atom stereocenters. The molecule has 0 aliphatic heterocycles. The van der Waals surface area contributed by atoms with Gasteiger partial charge in [0.15, 0.2) is 0 Å². The average molecular weight is 246 g/mol. The largest absolute Gasteiger partial charge is 0.350 e. The summed E-state index contributed by atoms with van der Waals surface area (Å²) < 4.78 is 1.77. The molecule has 96 valence electrons. The molecule has 1 amide bonds. The van der Waals surface area contributed by atoms with Crippen LogP contribution in [0.15, 0.2) is 18.5 Å². The van der Waals surface area contributed by atoms with E-state index in [1.165, 1.54) is 0 Å². The van der Waals surface area contributed by atoms with Gasteiger partial charge in [-0.1, -0.05) is 6.92 Å². The van der Waals surface area contributed by atoms with Crippen molar-refractivity contribution in [2.75, 3.05) is 0 Å². The van der Waals surface area contributed by atoms with Crippen molar-refractivity contribution < 1.29 is 4.79 Å². The van der Waals surface area contributed by atoms with Gasteiger partial charge in [0.05, 0.1) is 12.6 Å². The number of carbonyl (C=O) groups is 1. The lowest BCUT2D eigenvalue weighted by atomic mass is 9.63. The smallest absolute Gasteiger partial charge is 0.240 e. The molecule has 1 aliphatic carbocycles. The Morgan fingerprint density at radius 3 is 2.94 bits per heavy atom. The van der Waals surface area contributed by atoms with Crippen LogP contribution >= 0.6 is 0 Å². The number of nitrogens with zero attached hydrogens (tertiary/aromatic N) is 3. The normalized spacial score (nSPS) is 27.9. The second-order valence-corrected chi connectivity index (χ2v) is 5.31. The summed E-state index contributed by atoms with van der Waals surface area (Å²) in [6.07, 6.45) is 4.90. The van der Waals surface area contributed by atoms with Gasteiger partial charge in [0, 0.05) is 18.4 Å². The molecule has 18 heavy (non-hydrogen) atoms. The number of rotatable bonds is 4. The highest BCUT2D eigenvalue weighted by Gasteiger charge is 2.49. The molecule has 2 rings (SSSR count). The van der Waals surface area contributed by atoms with Crippen LogP contribution in [0.5, 0.6) is 0 Å². The number of nitrogens with one attached hydrogen (secondary N) is 1. The molecule has 0 aromatic carbocycles. The van der Waals surface area contributed by atoms with Crippen LogP contribution in [-0.4, -0.2) is 21.7 Å². The Morgan fingerprint density at radius 2 is 2.44 bits per heavy atom. The SMILES string of the molecule is CC1CC(C#N)(C(=O)NC(C)Cn2cccn2)C1. The lowest BCUT2D eigenvalue weighted by Gasteiger charge is -2.39. The fourth-order valence-corrected chi connectivity index (χ4v) is 2.55. The predicted octanol–water partition coefficient (Wildman–Crippen LogP) is 1.33. The second kappa shape index (κ2) is 4.81. The summed E-state index contributed by atoms with van der Waals surface area (Å²) in [6.45, 7) is 4.61. The van der Waals surface area contributed by atoms with Crippen molar-refractivity contribution in [3.05, 3.63) is 18.5 Å². The first kappa shape index (κ1) is 12.6. The first-order chi connectivity index (χ1) is 8.55. The lowest BCUT2D eigenvalue weighted by Crippen LogP contribution is -2.51. The zero-order valence-corrected chi connectivity index (χ0v) is 10.8. The average Bonchev–Trinajstić information content (AvgIpc) is 2.76. The highest BCUT2D eigenvalue weighted by Crippen LogP contribution is 2.45. The Balaban J connectivity index is 1.89. The molecule has 1 heterocycles. The van der Waals surface area contributed by atoms with Gasteiger partial charge in [-0.15, -0.1) is 0 Å². The van der Waals surface area contributed by atoms with Crippen molar-refractivity contribution in [3.8, 4) is 6.07 Å². The van der Waals surface area contributed by atoms with E-state index in [1.54, 1.807) is 10.9 Å². The van der Waals surface area contributed by atoms with Gasteiger partial charge in [0.2, 0.25) is 5.91 Å². The summed E-state index contributed by atoms with van der Waals surface area (Å²) in [7, 11) is 0. The van der Waals surface area contributed by atoms with Crippen molar-refractivity contribution in [1.29, 1.82) is 5.26 Å². The zero-order chi connectivity index (χ0) is 13.2. The van der Waals surface area contributed by atoms with E-state index in [0.717, 1.165) is 0 Å². The summed E-state index contributed by atoms with van der Waals surface area (Å²) in [5.74, 6) is 0.333. The molecule has 5 nitrogen and oxygen atoms in total. The maximum Gasteiger partial charge on any atom is 0.240 e. The first-order valence-electron chi connectivity index (χ1n) is 6.25. The summed E-state index contributed by atoms with van der Waals surface area (Å²) in [5, 5.41) is 16.2. The number of hydrogen-bond donors (Lipinski definition) is 1. The van der Waals surface area contributed by atoms with Crippen LogP contribution in [0, 0.1) is 22.7 Å².